The highest BCUT2D eigenvalue weighted by Crippen LogP contribution is 2.37. The van der Waals surface area contributed by atoms with Crippen molar-refractivity contribution in [1.82, 2.24) is 0 Å². The molecule has 1 aliphatic heterocycles. The molecule has 1 fully saturated rings. The Labute approximate surface area is 96.5 Å². The largest absolute Gasteiger partial charge is 0.382 e. The van der Waals surface area contributed by atoms with Gasteiger partial charge >= 0.3 is 0 Å². The predicted molar refractivity (Wildman–Crippen MR) is 59.2 cm³/mol. The van der Waals surface area contributed by atoms with Crippen LogP contribution >= 0.6 is 0 Å². The van der Waals surface area contributed by atoms with Gasteiger partial charge in [-0.25, -0.2) is 0 Å². The Morgan fingerprint density at radius 2 is 1.81 bits per heavy atom. The molecule has 4 nitrogen and oxygen atoms in total. The molecule has 2 atom stereocenters. The van der Waals surface area contributed by atoms with Crippen LogP contribution in [-0.4, -0.2) is 45.4 Å². The van der Waals surface area contributed by atoms with E-state index in [0.717, 1.165) is 19.3 Å². The Hall–Kier alpha value is -0.420. The summed E-state index contributed by atoms with van der Waals surface area (Å²) in [4.78, 5) is 0. The molecule has 16 heavy (non-hydrogen) atoms. The topological polar surface area (TPSA) is 36.9 Å². The normalized spacial score (nSPS) is 32.4. The summed E-state index contributed by atoms with van der Waals surface area (Å²) in [7, 11) is 3.35. The van der Waals surface area contributed by atoms with Gasteiger partial charge in [-0.1, -0.05) is 6.08 Å². The van der Waals surface area contributed by atoms with Crippen LogP contribution in [0.3, 0.4) is 0 Å². The van der Waals surface area contributed by atoms with Crippen LogP contribution in [0.25, 0.3) is 0 Å². The molecule has 0 aromatic heterocycles. The van der Waals surface area contributed by atoms with Gasteiger partial charge in [0.25, 0.3) is 0 Å². The lowest BCUT2D eigenvalue weighted by Crippen LogP contribution is -2.30. The molecule has 1 saturated heterocycles. The number of hydrogen-bond acceptors (Lipinski definition) is 4. The van der Waals surface area contributed by atoms with Crippen LogP contribution in [0.2, 0.25) is 0 Å². The van der Waals surface area contributed by atoms with Gasteiger partial charge in [0.2, 0.25) is 0 Å². The Morgan fingerprint density at radius 1 is 1.19 bits per heavy atom. The summed E-state index contributed by atoms with van der Waals surface area (Å²) >= 11 is 0. The van der Waals surface area contributed by atoms with Crippen LogP contribution < -0.4 is 0 Å². The van der Waals surface area contributed by atoms with E-state index >= 15 is 0 Å². The lowest BCUT2D eigenvalue weighted by atomic mass is 10.0. The summed E-state index contributed by atoms with van der Waals surface area (Å²) in [5.74, 6) is -0.523. The van der Waals surface area contributed by atoms with E-state index in [1.807, 2.05) is 6.08 Å². The Bertz CT molecular complexity index is 237. The zero-order chi connectivity index (χ0) is 11.4. The van der Waals surface area contributed by atoms with Gasteiger partial charge in [-0.15, -0.1) is 0 Å². The van der Waals surface area contributed by atoms with E-state index in [2.05, 4.69) is 6.08 Å². The van der Waals surface area contributed by atoms with Gasteiger partial charge in [-0.3, -0.25) is 0 Å². The standard InChI is InChI=1S/C12H20O4/c1-13-8-10-11(9-14-2)16-12(15-10)6-4-3-5-7-12/h4,6,10-11H,3,5,7-9H2,1-2H3/t10-,11-/m0/s1. The average molecular weight is 228 g/mol. The molecule has 2 aliphatic rings. The summed E-state index contributed by atoms with van der Waals surface area (Å²) in [5.41, 5.74) is 0. The van der Waals surface area contributed by atoms with E-state index in [1.54, 1.807) is 14.2 Å². The Kier molecular flexibility index (Phi) is 3.97. The SMILES string of the molecule is COC[C@@H]1OC2(C=CCCC2)O[C@H]1COC. The third-order valence-electron chi connectivity index (χ3n) is 3.05. The van der Waals surface area contributed by atoms with Gasteiger partial charge in [0, 0.05) is 20.6 Å². The quantitative estimate of drug-likeness (QED) is 0.683. The second-order valence-electron chi connectivity index (χ2n) is 4.33. The molecule has 0 unspecified atom stereocenters. The molecule has 1 aliphatic carbocycles. The summed E-state index contributed by atoms with van der Waals surface area (Å²) < 4.78 is 22.3. The fourth-order valence-electron chi connectivity index (χ4n) is 2.31. The van der Waals surface area contributed by atoms with E-state index in [1.165, 1.54) is 0 Å². The molecule has 0 bridgehead atoms. The maximum atomic E-state index is 5.98. The minimum atomic E-state index is -0.523. The summed E-state index contributed by atoms with van der Waals surface area (Å²) in [6, 6.07) is 0. The van der Waals surface area contributed by atoms with Crippen molar-refractivity contribution in [3.05, 3.63) is 12.2 Å². The molecule has 0 radical (unpaired) electrons. The van der Waals surface area contributed by atoms with Gasteiger partial charge in [0.05, 0.1) is 13.2 Å². The molecular weight excluding hydrogens is 208 g/mol. The predicted octanol–water partition coefficient (Wildman–Crippen LogP) is 1.50. The number of ether oxygens (including phenoxy) is 4. The zero-order valence-electron chi connectivity index (χ0n) is 9.98. The third-order valence-corrected chi connectivity index (χ3v) is 3.05. The third kappa shape index (κ3) is 2.46. The van der Waals surface area contributed by atoms with Crippen molar-refractivity contribution in [2.45, 2.75) is 37.3 Å². The summed E-state index contributed by atoms with van der Waals surface area (Å²) in [5, 5.41) is 0. The van der Waals surface area contributed by atoms with Gasteiger partial charge in [-0.05, 0) is 18.9 Å². The van der Waals surface area contributed by atoms with Crippen molar-refractivity contribution >= 4 is 0 Å². The van der Waals surface area contributed by atoms with Crippen LogP contribution in [0.15, 0.2) is 12.2 Å². The van der Waals surface area contributed by atoms with Crippen LogP contribution in [0.1, 0.15) is 19.3 Å². The Balaban J connectivity index is 2.03. The lowest BCUT2D eigenvalue weighted by Gasteiger charge is -2.27. The van der Waals surface area contributed by atoms with Gasteiger partial charge in [0.1, 0.15) is 12.2 Å². The first-order valence-electron chi connectivity index (χ1n) is 5.81. The van der Waals surface area contributed by atoms with Crippen LogP contribution in [0.4, 0.5) is 0 Å². The zero-order valence-corrected chi connectivity index (χ0v) is 9.98. The summed E-state index contributed by atoms with van der Waals surface area (Å²) in [6.45, 7) is 1.09. The van der Waals surface area contributed by atoms with Gasteiger partial charge in [-0.2, -0.15) is 0 Å². The number of hydrogen-bond donors (Lipinski definition) is 0. The molecule has 92 valence electrons. The molecule has 2 rings (SSSR count). The molecule has 0 aromatic carbocycles. The van der Waals surface area contributed by atoms with Crippen molar-refractivity contribution in [2.24, 2.45) is 0 Å². The van der Waals surface area contributed by atoms with E-state index < -0.39 is 5.79 Å². The number of rotatable bonds is 4. The van der Waals surface area contributed by atoms with E-state index in [-0.39, 0.29) is 12.2 Å². The number of methoxy groups -OCH3 is 2. The van der Waals surface area contributed by atoms with Crippen molar-refractivity contribution < 1.29 is 18.9 Å². The average Bonchev–Trinajstić information content (AvgIpc) is 2.59. The smallest absolute Gasteiger partial charge is 0.188 e. The van der Waals surface area contributed by atoms with E-state index in [0.29, 0.717) is 13.2 Å². The van der Waals surface area contributed by atoms with Crippen molar-refractivity contribution in [1.29, 1.82) is 0 Å². The first-order valence-corrected chi connectivity index (χ1v) is 5.81. The highest BCUT2D eigenvalue weighted by Gasteiger charge is 2.46. The molecule has 1 spiro atoms. The highest BCUT2D eigenvalue weighted by molar-refractivity contribution is 5.04. The van der Waals surface area contributed by atoms with Crippen LogP contribution in [0.5, 0.6) is 0 Å². The summed E-state index contributed by atoms with van der Waals surface area (Å²) in [6.07, 6.45) is 7.23. The van der Waals surface area contributed by atoms with Crippen molar-refractivity contribution in [2.75, 3.05) is 27.4 Å². The van der Waals surface area contributed by atoms with E-state index in [4.69, 9.17) is 18.9 Å². The molecule has 0 aromatic rings. The van der Waals surface area contributed by atoms with Crippen LogP contribution in [0, 0.1) is 0 Å². The fraction of sp³-hybridized carbons (Fsp3) is 0.833. The fourth-order valence-corrected chi connectivity index (χ4v) is 2.31. The maximum Gasteiger partial charge on any atom is 0.188 e. The molecular formula is C12H20O4. The first-order chi connectivity index (χ1) is 7.79. The molecule has 0 amide bonds. The van der Waals surface area contributed by atoms with Crippen molar-refractivity contribution in [3.8, 4) is 0 Å². The molecule has 4 heteroatoms. The molecule has 0 N–H and O–H groups in total. The minimum absolute atomic E-state index is 0.0345. The molecule has 1 heterocycles. The van der Waals surface area contributed by atoms with Gasteiger partial charge in [0.15, 0.2) is 5.79 Å². The monoisotopic (exact) mass is 228 g/mol. The second kappa shape index (κ2) is 5.27. The lowest BCUT2D eigenvalue weighted by molar-refractivity contribution is -0.151. The van der Waals surface area contributed by atoms with Crippen molar-refractivity contribution in [3.63, 3.8) is 0 Å². The first kappa shape index (κ1) is 12.0. The Morgan fingerprint density at radius 3 is 2.25 bits per heavy atom. The maximum absolute atomic E-state index is 5.98. The number of allylic oxidation sites excluding steroid dienone is 1. The van der Waals surface area contributed by atoms with Gasteiger partial charge < -0.3 is 18.9 Å². The van der Waals surface area contributed by atoms with E-state index in [9.17, 15) is 0 Å². The highest BCUT2D eigenvalue weighted by atomic mass is 16.8. The molecule has 0 saturated carbocycles. The van der Waals surface area contributed by atoms with Crippen LogP contribution in [-0.2, 0) is 18.9 Å². The second-order valence-corrected chi connectivity index (χ2v) is 4.33. The minimum Gasteiger partial charge on any atom is -0.382 e.